The van der Waals surface area contributed by atoms with E-state index in [1.165, 1.54) is 6.26 Å². The van der Waals surface area contributed by atoms with Crippen molar-refractivity contribution in [3.05, 3.63) is 53.0 Å². The first-order chi connectivity index (χ1) is 15.6. The maximum absolute atomic E-state index is 12.1. The van der Waals surface area contributed by atoms with E-state index in [-0.39, 0.29) is 36.0 Å². The number of rotatable bonds is 10. The maximum Gasteiger partial charge on any atom is 0.287 e. The van der Waals surface area contributed by atoms with Crippen LogP contribution in [0.5, 0.6) is 5.75 Å². The summed E-state index contributed by atoms with van der Waals surface area (Å²) in [5, 5.41) is 9.46. The molecule has 3 rings (SSSR count). The Bertz CT molecular complexity index is 910. The van der Waals surface area contributed by atoms with Crippen molar-refractivity contribution in [3.63, 3.8) is 0 Å². The predicted octanol–water partition coefficient (Wildman–Crippen LogP) is 3.56. The molecule has 2 heterocycles. The third kappa shape index (κ3) is 8.54. The van der Waals surface area contributed by atoms with Crippen LogP contribution in [0.15, 0.2) is 39.9 Å². The summed E-state index contributed by atoms with van der Waals surface area (Å²) in [7, 11) is 0. The number of carbonyl (C=O) groups excluding carboxylic acids is 1. The maximum atomic E-state index is 12.1. The van der Waals surface area contributed by atoms with Crippen molar-refractivity contribution >= 4 is 35.8 Å². The van der Waals surface area contributed by atoms with Gasteiger partial charge >= 0.3 is 0 Å². The first-order valence-electron chi connectivity index (χ1n) is 11.2. The van der Waals surface area contributed by atoms with Crippen LogP contribution in [0.1, 0.15) is 47.0 Å². The fourth-order valence-electron chi connectivity index (χ4n) is 3.38. The fourth-order valence-corrected chi connectivity index (χ4v) is 3.38. The molecule has 1 atom stereocenters. The highest BCUT2D eigenvalue weighted by atomic mass is 127. The average Bonchev–Trinajstić information content (AvgIpc) is 3.44. The molecule has 0 spiro atoms. The molecule has 0 aliphatic carbocycles. The third-order valence-electron chi connectivity index (χ3n) is 5.16. The Morgan fingerprint density at radius 1 is 1.18 bits per heavy atom. The van der Waals surface area contributed by atoms with E-state index in [0.717, 1.165) is 54.4 Å². The molecule has 33 heavy (non-hydrogen) atoms. The zero-order valence-corrected chi connectivity index (χ0v) is 21.9. The second-order valence-corrected chi connectivity index (χ2v) is 7.88. The summed E-state index contributed by atoms with van der Waals surface area (Å²) in [6.07, 6.45) is 3.30. The van der Waals surface area contributed by atoms with Crippen molar-refractivity contribution < 1.29 is 18.7 Å². The number of amides is 1. The highest BCUT2D eigenvalue weighted by Gasteiger charge is 2.18. The molecule has 1 unspecified atom stereocenters. The van der Waals surface area contributed by atoms with Gasteiger partial charge in [-0.3, -0.25) is 4.79 Å². The van der Waals surface area contributed by atoms with Gasteiger partial charge in [0.15, 0.2) is 11.7 Å². The molecule has 1 saturated heterocycles. The van der Waals surface area contributed by atoms with Crippen LogP contribution in [0.25, 0.3) is 0 Å². The van der Waals surface area contributed by atoms with Crippen LogP contribution in [0.4, 0.5) is 0 Å². The lowest BCUT2D eigenvalue weighted by Gasteiger charge is -2.16. The van der Waals surface area contributed by atoms with Crippen LogP contribution >= 0.6 is 24.0 Å². The van der Waals surface area contributed by atoms with E-state index in [9.17, 15) is 4.79 Å². The van der Waals surface area contributed by atoms with Gasteiger partial charge in [-0.15, -0.1) is 24.0 Å². The van der Waals surface area contributed by atoms with E-state index in [1.807, 2.05) is 13.8 Å². The number of carbonyl (C=O) groups is 1. The Morgan fingerprint density at radius 2 is 2.00 bits per heavy atom. The summed E-state index contributed by atoms with van der Waals surface area (Å²) in [6, 6.07) is 7.99. The van der Waals surface area contributed by atoms with Crippen LogP contribution in [0.2, 0.25) is 0 Å². The van der Waals surface area contributed by atoms with E-state index in [0.29, 0.717) is 32.0 Å². The Balaban J connectivity index is 0.00000385. The molecule has 9 heteroatoms. The van der Waals surface area contributed by atoms with E-state index in [4.69, 9.17) is 18.9 Å². The van der Waals surface area contributed by atoms with E-state index >= 15 is 0 Å². The first kappa shape index (κ1) is 27.0. The Kier molecular flexibility index (Phi) is 11.5. The van der Waals surface area contributed by atoms with Crippen molar-refractivity contribution in [2.24, 2.45) is 4.99 Å². The van der Waals surface area contributed by atoms with E-state index in [1.54, 1.807) is 6.07 Å². The SMILES string of the molecule is CCNC(=NCc1ccc(C)cc1OC1CCOC1)NCCCNC(=O)c1occc1C.I. The number of aliphatic imine (C=N–C) groups is 1. The zero-order valence-electron chi connectivity index (χ0n) is 19.6. The lowest BCUT2D eigenvalue weighted by Crippen LogP contribution is -2.38. The second-order valence-electron chi connectivity index (χ2n) is 7.88. The van der Waals surface area contributed by atoms with Gasteiger partial charge in [-0.25, -0.2) is 4.99 Å². The zero-order chi connectivity index (χ0) is 22.8. The highest BCUT2D eigenvalue weighted by molar-refractivity contribution is 14.0. The fraction of sp³-hybridized carbons (Fsp3) is 0.500. The van der Waals surface area contributed by atoms with Gasteiger partial charge in [0.2, 0.25) is 0 Å². The Hall–Kier alpha value is -2.27. The number of guanidine groups is 1. The molecule has 1 aliphatic heterocycles. The molecule has 8 nitrogen and oxygen atoms in total. The lowest BCUT2D eigenvalue weighted by atomic mass is 10.1. The Morgan fingerprint density at radius 3 is 2.70 bits per heavy atom. The summed E-state index contributed by atoms with van der Waals surface area (Å²) in [5.41, 5.74) is 3.03. The molecule has 1 amide bonds. The summed E-state index contributed by atoms with van der Waals surface area (Å²) < 4.78 is 16.8. The van der Waals surface area contributed by atoms with Crippen molar-refractivity contribution in [2.45, 2.75) is 46.3 Å². The molecular formula is C24H35IN4O4. The first-order valence-corrected chi connectivity index (χ1v) is 11.2. The van der Waals surface area contributed by atoms with Crippen LogP contribution in [-0.4, -0.2) is 50.8 Å². The molecule has 2 aromatic rings. The van der Waals surface area contributed by atoms with Crippen molar-refractivity contribution in [1.82, 2.24) is 16.0 Å². The molecule has 0 radical (unpaired) electrons. The van der Waals surface area contributed by atoms with Gasteiger partial charge in [-0.2, -0.15) is 0 Å². The number of hydrogen-bond acceptors (Lipinski definition) is 5. The molecular weight excluding hydrogens is 535 g/mol. The van der Waals surface area contributed by atoms with Gasteiger partial charge in [0.1, 0.15) is 11.9 Å². The van der Waals surface area contributed by atoms with E-state index < -0.39 is 0 Å². The molecule has 1 fully saturated rings. The minimum absolute atomic E-state index is 0. The normalized spacial score (nSPS) is 15.6. The van der Waals surface area contributed by atoms with Crippen molar-refractivity contribution in [3.8, 4) is 5.75 Å². The monoisotopic (exact) mass is 570 g/mol. The number of halogens is 1. The molecule has 1 aromatic carbocycles. The Labute approximate surface area is 212 Å². The average molecular weight is 570 g/mol. The number of furan rings is 1. The largest absolute Gasteiger partial charge is 0.488 e. The standard InChI is InChI=1S/C24H34N4O4.HI/c1-4-25-24(27-11-5-10-26-23(29)22-18(3)8-13-31-22)28-15-19-7-6-17(2)14-21(19)32-20-9-12-30-16-20;/h6-8,13-14,20H,4-5,9-12,15-16H2,1-3H3,(H,26,29)(H2,25,27,28);1H. The minimum atomic E-state index is -0.187. The molecule has 3 N–H and O–H groups in total. The number of aryl methyl sites for hydroxylation is 2. The van der Waals surface area contributed by atoms with Crippen molar-refractivity contribution in [2.75, 3.05) is 32.8 Å². The minimum Gasteiger partial charge on any atom is -0.488 e. The second kappa shape index (κ2) is 14.1. The predicted molar refractivity (Wildman–Crippen MR) is 140 cm³/mol. The highest BCUT2D eigenvalue weighted by Crippen LogP contribution is 2.24. The number of nitrogens with zero attached hydrogens (tertiary/aromatic N) is 1. The summed E-state index contributed by atoms with van der Waals surface area (Å²) in [4.78, 5) is 16.8. The number of hydrogen-bond donors (Lipinski definition) is 3. The summed E-state index contributed by atoms with van der Waals surface area (Å²) in [5.74, 6) is 1.79. The molecule has 1 aromatic heterocycles. The number of ether oxygens (including phenoxy) is 2. The van der Waals surface area contributed by atoms with Gasteiger partial charge in [0, 0.05) is 37.2 Å². The lowest BCUT2D eigenvalue weighted by molar-refractivity contribution is 0.0925. The van der Waals surface area contributed by atoms with Crippen molar-refractivity contribution in [1.29, 1.82) is 0 Å². The molecule has 0 saturated carbocycles. The molecule has 182 valence electrons. The van der Waals surface area contributed by atoms with Gasteiger partial charge in [0.25, 0.3) is 5.91 Å². The third-order valence-corrected chi connectivity index (χ3v) is 5.16. The van der Waals surface area contributed by atoms with Gasteiger partial charge in [-0.05, 0) is 44.9 Å². The van der Waals surface area contributed by atoms with Gasteiger partial charge in [-0.1, -0.05) is 12.1 Å². The van der Waals surface area contributed by atoms with Crippen LogP contribution in [0, 0.1) is 13.8 Å². The van der Waals surface area contributed by atoms with Crippen LogP contribution in [-0.2, 0) is 11.3 Å². The summed E-state index contributed by atoms with van der Waals surface area (Å²) in [6.45, 7) is 9.82. The quantitative estimate of drug-likeness (QED) is 0.175. The summed E-state index contributed by atoms with van der Waals surface area (Å²) >= 11 is 0. The smallest absolute Gasteiger partial charge is 0.287 e. The molecule has 1 aliphatic rings. The van der Waals surface area contributed by atoms with Crippen LogP contribution in [0.3, 0.4) is 0 Å². The van der Waals surface area contributed by atoms with Gasteiger partial charge in [0.05, 0.1) is 26.0 Å². The van der Waals surface area contributed by atoms with E-state index in [2.05, 4.69) is 41.1 Å². The van der Waals surface area contributed by atoms with Crippen LogP contribution < -0.4 is 20.7 Å². The molecule has 0 bridgehead atoms. The number of benzene rings is 1. The van der Waals surface area contributed by atoms with Gasteiger partial charge < -0.3 is 29.8 Å². The number of nitrogens with one attached hydrogen (secondary N) is 3. The topological polar surface area (TPSA) is 97.1 Å².